The van der Waals surface area contributed by atoms with Crippen molar-refractivity contribution < 1.29 is 14.4 Å². The Bertz CT molecular complexity index is 29.9. The maximum absolute atomic E-state index is 8.70. The van der Waals surface area contributed by atoms with Crippen molar-refractivity contribution in [1.29, 1.82) is 0 Å². The van der Waals surface area contributed by atoms with E-state index in [1.807, 2.05) is 0 Å². The predicted molar refractivity (Wildman–Crippen MR) is 27.5 cm³/mol. The fraction of sp³-hybridized carbons (Fsp3) is 0. The second-order valence-electron chi connectivity index (χ2n) is 0.253. The first-order valence-electron chi connectivity index (χ1n) is 0.583. The second kappa shape index (κ2) is 4.75. The molecule has 0 heterocycles. The third-order valence-corrected chi connectivity index (χ3v) is 0. The maximum Gasteiger partial charge on any atom is 0.692 e. The normalized spacial score (nSPS) is 5.20. The summed E-state index contributed by atoms with van der Waals surface area (Å²) in [5.41, 5.74) is 0. The van der Waals surface area contributed by atoms with Gasteiger partial charge in [0.2, 0.25) is 0 Å². The Labute approximate surface area is 47.0 Å². The van der Waals surface area contributed by atoms with Crippen LogP contribution in [0.5, 0.6) is 0 Å². The molecular weight excluding hydrogens is 206 g/mol. The molecule has 3 nitrogen and oxygen atoms in total. The van der Waals surface area contributed by atoms with Gasteiger partial charge in [-0.15, -0.1) is 33.8 Å². The van der Waals surface area contributed by atoms with Gasteiger partial charge in [0.15, 0.2) is 0 Å². The highest BCUT2D eigenvalue weighted by atomic mass is 127. The van der Waals surface area contributed by atoms with E-state index in [9.17, 15) is 0 Å². The molecule has 0 bridgehead atoms. The molecule has 0 fully saturated rings. The topological polar surface area (TPSA) is 57.5 Å². The first kappa shape index (κ1) is 9.23. The highest BCUT2D eigenvalue weighted by molar-refractivity contribution is 14.0. The van der Waals surface area contributed by atoms with Crippen molar-refractivity contribution in [3.63, 3.8) is 0 Å². The summed E-state index contributed by atoms with van der Waals surface area (Å²) in [6.07, 6.45) is 0. The van der Waals surface area contributed by atoms with Gasteiger partial charge in [-0.1, -0.05) is 0 Å². The molecule has 0 aromatic carbocycles. The molecule has 0 saturated heterocycles. The van der Waals surface area contributed by atoms with Crippen molar-refractivity contribution in [3.8, 4) is 0 Å². The minimum Gasteiger partial charge on any atom is -0.134 e. The lowest BCUT2D eigenvalue weighted by Gasteiger charge is -1.34. The Morgan fingerprint density at radius 3 is 1.40 bits per heavy atom. The van der Waals surface area contributed by atoms with Crippen molar-refractivity contribution in [2.75, 3.05) is 0 Å². The Kier molecular flexibility index (Phi) is 8.76. The van der Waals surface area contributed by atoms with E-state index in [4.69, 9.17) is 14.4 Å². The largest absolute Gasteiger partial charge is 0.692 e. The third kappa shape index (κ3) is 63.9. The fourth-order valence-electron chi connectivity index (χ4n) is 0. The lowest BCUT2D eigenvalue weighted by atomic mass is 15.8. The van der Waals surface area contributed by atoms with Crippen LogP contribution in [0.1, 0.15) is 0 Å². The molecule has 5 heavy (non-hydrogen) atoms. The van der Waals surface area contributed by atoms with Gasteiger partial charge in [0.1, 0.15) is 0 Å². The van der Waals surface area contributed by atoms with Crippen molar-refractivity contribution >= 4 is 32.2 Å². The summed E-state index contributed by atoms with van der Waals surface area (Å²) in [6, 6.07) is 0. The average molecular weight is 209 g/mol. The number of halogens is 1. The van der Waals surface area contributed by atoms with E-state index < -0.39 is 8.25 Å². The molecular formula is H3IO3P+. The molecule has 0 aromatic heterocycles. The van der Waals surface area contributed by atoms with Crippen molar-refractivity contribution in [3.05, 3.63) is 0 Å². The molecule has 0 aliphatic heterocycles. The van der Waals surface area contributed by atoms with E-state index in [-0.39, 0.29) is 24.0 Å². The standard InChI is InChI=1S/HI.HO3P/c;1-4(2)3/h1H;(H-,1,2,3)/p+1. The summed E-state index contributed by atoms with van der Waals surface area (Å²) in [4.78, 5) is 14.2. The van der Waals surface area contributed by atoms with Crippen LogP contribution in [0.2, 0.25) is 0 Å². The van der Waals surface area contributed by atoms with Crippen LogP contribution in [0, 0.1) is 0 Å². The number of hydrogen-bond acceptors (Lipinski definition) is 1. The van der Waals surface area contributed by atoms with E-state index in [1.165, 1.54) is 0 Å². The molecule has 0 aliphatic rings. The Morgan fingerprint density at radius 2 is 1.40 bits per heavy atom. The molecule has 5 heteroatoms. The molecule has 0 amide bonds. The van der Waals surface area contributed by atoms with Gasteiger partial charge >= 0.3 is 8.25 Å². The van der Waals surface area contributed by atoms with Gasteiger partial charge in [0, 0.05) is 4.57 Å². The van der Waals surface area contributed by atoms with Crippen LogP contribution >= 0.6 is 32.2 Å². The lowest BCUT2D eigenvalue weighted by Crippen LogP contribution is -1.38. The molecule has 0 saturated carbocycles. The fourth-order valence-corrected chi connectivity index (χ4v) is 0. The van der Waals surface area contributed by atoms with Gasteiger partial charge in [-0.2, -0.15) is 0 Å². The van der Waals surface area contributed by atoms with Gasteiger partial charge in [0.25, 0.3) is 0 Å². The second-order valence-corrected chi connectivity index (χ2v) is 0.758. The quantitative estimate of drug-likeness (QED) is 0.443. The van der Waals surface area contributed by atoms with Crippen LogP contribution in [0.3, 0.4) is 0 Å². The van der Waals surface area contributed by atoms with E-state index in [0.717, 1.165) is 0 Å². The Morgan fingerprint density at radius 1 is 1.40 bits per heavy atom. The molecule has 2 N–H and O–H groups in total. The molecule has 32 valence electrons. The molecule has 0 aromatic rings. The predicted octanol–water partition coefficient (Wildman–Crippen LogP) is 0.246. The molecule has 0 atom stereocenters. The van der Waals surface area contributed by atoms with Gasteiger partial charge in [-0.3, -0.25) is 0 Å². The lowest BCUT2D eigenvalue weighted by molar-refractivity contribution is 0.405. The smallest absolute Gasteiger partial charge is 0.134 e. The van der Waals surface area contributed by atoms with Crippen molar-refractivity contribution in [1.82, 2.24) is 0 Å². The van der Waals surface area contributed by atoms with Gasteiger partial charge in [-0.25, -0.2) is 0 Å². The monoisotopic (exact) mass is 209 g/mol. The summed E-state index contributed by atoms with van der Waals surface area (Å²) in [6.45, 7) is 0. The summed E-state index contributed by atoms with van der Waals surface area (Å²) >= 11 is 0. The highest BCUT2D eigenvalue weighted by Gasteiger charge is 1.93. The Hall–Kier alpha value is 0.750. The highest BCUT2D eigenvalue weighted by Crippen LogP contribution is 1.98. The molecule has 0 aliphatic carbocycles. The first-order chi connectivity index (χ1) is 1.73. The third-order valence-electron chi connectivity index (χ3n) is 0. The first-order valence-corrected chi connectivity index (χ1v) is 1.75. The SMILES string of the molecule is I.O=[P+](O)O. The summed E-state index contributed by atoms with van der Waals surface area (Å²) in [5, 5.41) is 0. The zero-order valence-corrected chi connectivity index (χ0v) is 5.38. The number of rotatable bonds is 0. The zero-order valence-electron chi connectivity index (χ0n) is 2.16. The molecule has 0 unspecified atom stereocenters. The van der Waals surface area contributed by atoms with E-state index in [1.54, 1.807) is 0 Å². The summed E-state index contributed by atoms with van der Waals surface area (Å²) in [5.74, 6) is 0. The molecule has 0 spiro atoms. The van der Waals surface area contributed by atoms with Crippen LogP contribution in [0.4, 0.5) is 0 Å². The van der Waals surface area contributed by atoms with E-state index in [2.05, 4.69) is 0 Å². The van der Waals surface area contributed by atoms with Gasteiger partial charge in [0.05, 0.1) is 0 Å². The van der Waals surface area contributed by atoms with Crippen LogP contribution < -0.4 is 0 Å². The maximum atomic E-state index is 8.70. The molecule has 0 rings (SSSR count). The van der Waals surface area contributed by atoms with E-state index in [0.29, 0.717) is 0 Å². The van der Waals surface area contributed by atoms with Crippen LogP contribution in [-0.2, 0) is 4.57 Å². The van der Waals surface area contributed by atoms with Gasteiger partial charge in [-0.05, 0) is 0 Å². The van der Waals surface area contributed by atoms with E-state index >= 15 is 0 Å². The summed E-state index contributed by atoms with van der Waals surface area (Å²) < 4.78 is 8.70. The van der Waals surface area contributed by atoms with Crippen LogP contribution in [0.25, 0.3) is 0 Å². The van der Waals surface area contributed by atoms with Crippen LogP contribution in [0.15, 0.2) is 0 Å². The van der Waals surface area contributed by atoms with Crippen LogP contribution in [-0.4, -0.2) is 9.79 Å². The van der Waals surface area contributed by atoms with Crippen molar-refractivity contribution in [2.45, 2.75) is 0 Å². The minimum absolute atomic E-state index is 0. The summed E-state index contributed by atoms with van der Waals surface area (Å²) in [7, 11) is -2.87. The zero-order chi connectivity index (χ0) is 3.58. The number of hydrogen-bond donors (Lipinski definition) is 2. The van der Waals surface area contributed by atoms with Gasteiger partial charge < -0.3 is 0 Å². The molecule has 0 radical (unpaired) electrons. The van der Waals surface area contributed by atoms with Crippen molar-refractivity contribution in [2.24, 2.45) is 0 Å². The minimum atomic E-state index is -2.87. The Balaban J connectivity index is 0. The average Bonchev–Trinajstić information content (AvgIpc) is 0.811.